The second kappa shape index (κ2) is 4.39. The number of anilines is 1. The van der Waals surface area contributed by atoms with E-state index in [0.29, 0.717) is 25.2 Å². The van der Waals surface area contributed by atoms with E-state index in [2.05, 4.69) is 20.9 Å². The number of hydrogen-bond acceptors (Lipinski definition) is 3. The summed E-state index contributed by atoms with van der Waals surface area (Å²) in [6, 6.07) is 1.65. The summed E-state index contributed by atoms with van der Waals surface area (Å²) in [6.07, 6.45) is 1.97. The predicted octanol–water partition coefficient (Wildman–Crippen LogP) is 0.449. The second-order valence-corrected chi connectivity index (χ2v) is 4.76. The molecule has 2 heterocycles. The lowest BCUT2D eigenvalue weighted by Gasteiger charge is -2.15. The highest BCUT2D eigenvalue weighted by molar-refractivity contribution is 9.10. The number of carbonyl (C=O) groups excluding carboxylic acids is 1. The Kier molecular flexibility index (Phi) is 3.11. The fourth-order valence-corrected chi connectivity index (χ4v) is 2.15. The highest BCUT2D eigenvalue weighted by Gasteiger charge is 2.31. The molecule has 1 unspecified atom stereocenters. The first kappa shape index (κ1) is 11.3. The molecule has 0 saturated carbocycles. The average Bonchev–Trinajstić information content (AvgIpc) is 2.63. The lowest BCUT2D eigenvalue weighted by molar-refractivity contribution is -0.117. The predicted molar refractivity (Wildman–Crippen MR) is 64.3 cm³/mol. The molecule has 1 aromatic heterocycles. The number of pyridine rings is 1. The summed E-state index contributed by atoms with van der Waals surface area (Å²) in [7, 11) is 0. The van der Waals surface area contributed by atoms with E-state index in [1.807, 2.05) is 0 Å². The molecule has 0 aliphatic carbocycles. The molecule has 0 radical (unpaired) electrons. The lowest BCUT2D eigenvalue weighted by atomic mass is 10.1. The van der Waals surface area contributed by atoms with Crippen molar-refractivity contribution in [3.63, 3.8) is 0 Å². The third-order valence-electron chi connectivity index (χ3n) is 2.68. The maximum absolute atomic E-state index is 11.7. The number of rotatable bonds is 2. The van der Waals surface area contributed by atoms with E-state index < -0.39 is 0 Å². The van der Waals surface area contributed by atoms with Crippen molar-refractivity contribution in [2.45, 2.75) is 6.42 Å². The van der Waals surface area contributed by atoms with Crippen LogP contribution in [0.15, 0.2) is 21.5 Å². The van der Waals surface area contributed by atoms with Gasteiger partial charge in [-0.25, -0.2) is 0 Å². The van der Waals surface area contributed by atoms with Gasteiger partial charge in [0.2, 0.25) is 5.91 Å². The van der Waals surface area contributed by atoms with Crippen molar-refractivity contribution in [3.05, 3.63) is 27.1 Å². The van der Waals surface area contributed by atoms with Crippen molar-refractivity contribution in [2.24, 2.45) is 11.7 Å². The van der Waals surface area contributed by atoms with Gasteiger partial charge in [0, 0.05) is 23.6 Å². The molecule has 1 atom stereocenters. The average molecular weight is 286 g/mol. The smallest absolute Gasteiger partial charge is 0.271 e. The Balaban J connectivity index is 2.34. The van der Waals surface area contributed by atoms with Crippen molar-refractivity contribution in [1.29, 1.82) is 0 Å². The fraction of sp³-hybridized carbons (Fsp3) is 0.400. The number of nitrogens with zero attached hydrogens (tertiary/aromatic N) is 1. The Morgan fingerprint density at radius 3 is 2.94 bits per heavy atom. The summed E-state index contributed by atoms with van der Waals surface area (Å²) >= 11 is 3.26. The van der Waals surface area contributed by atoms with Gasteiger partial charge in [0.05, 0.1) is 0 Å². The second-order valence-electron chi connectivity index (χ2n) is 3.84. The molecule has 1 amide bonds. The summed E-state index contributed by atoms with van der Waals surface area (Å²) in [5.41, 5.74) is 5.66. The van der Waals surface area contributed by atoms with Crippen LogP contribution in [0.2, 0.25) is 0 Å². The van der Waals surface area contributed by atoms with Crippen LogP contribution in [-0.2, 0) is 4.79 Å². The minimum Gasteiger partial charge on any atom is -0.330 e. The number of H-pyrrole nitrogens is 1. The van der Waals surface area contributed by atoms with Gasteiger partial charge in [-0.15, -0.1) is 0 Å². The number of amides is 1. The summed E-state index contributed by atoms with van der Waals surface area (Å²) < 4.78 is 0.742. The highest BCUT2D eigenvalue weighted by Crippen LogP contribution is 2.23. The Bertz CT molecular complexity index is 471. The Hall–Kier alpha value is -1.14. The van der Waals surface area contributed by atoms with Crippen LogP contribution in [-0.4, -0.2) is 24.0 Å². The summed E-state index contributed by atoms with van der Waals surface area (Å²) in [5.74, 6) is 0.102. The van der Waals surface area contributed by atoms with Crippen LogP contribution in [0.1, 0.15) is 6.42 Å². The van der Waals surface area contributed by atoms with Crippen LogP contribution < -0.4 is 16.2 Å². The van der Waals surface area contributed by atoms with Gasteiger partial charge in [-0.05, 0) is 34.5 Å². The molecule has 16 heavy (non-hydrogen) atoms. The van der Waals surface area contributed by atoms with Gasteiger partial charge >= 0.3 is 0 Å². The molecule has 3 N–H and O–H groups in total. The first-order valence-electron chi connectivity index (χ1n) is 5.00. The maximum Gasteiger partial charge on any atom is 0.271 e. The van der Waals surface area contributed by atoms with Gasteiger partial charge < -0.3 is 15.6 Å². The molecule has 1 aliphatic rings. The Morgan fingerprint density at radius 2 is 2.31 bits per heavy atom. The van der Waals surface area contributed by atoms with Gasteiger partial charge in [-0.3, -0.25) is 9.59 Å². The van der Waals surface area contributed by atoms with E-state index in [-0.39, 0.29) is 17.4 Å². The van der Waals surface area contributed by atoms with Crippen molar-refractivity contribution in [1.82, 2.24) is 4.98 Å². The maximum atomic E-state index is 11.7. The molecule has 1 fully saturated rings. The van der Waals surface area contributed by atoms with Crippen LogP contribution in [0.3, 0.4) is 0 Å². The number of halogens is 1. The van der Waals surface area contributed by atoms with Crippen LogP contribution >= 0.6 is 15.9 Å². The van der Waals surface area contributed by atoms with Crippen LogP contribution in [0.4, 0.5) is 5.69 Å². The largest absolute Gasteiger partial charge is 0.330 e. The van der Waals surface area contributed by atoms with E-state index >= 15 is 0 Å². The number of aromatic nitrogens is 1. The van der Waals surface area contributed by atoms with Crippen molar-refractivity contribution < 1.29 is 4.79 Å². The minimum atomic E-state index is -0.255. The molecular formula is C10H12BrN3O2. The Morgan fingerprint density at radius 1 is 1.56 bits per heavy atom. The fourth-order valence-electron chi connectivity index (χ4n) is 1.82. The van der Waals surface area contributed by atoms with E-state index in [9.17, 15) is 9.59 Å². The third kappa shape index (κ3) is 2.03. The summed E-state index contributed by atoms with van der Waals surface area (Å²) in [6.45, 7) is 0.989. The monoisotopic (exact) mass is 285 g/mol. The molecule has 2 rings (SSSR count). The lowest BCUT2D eigenvalue weighted by Crippen LogP contribution is -2.30. The molecule has 0 bridgehead atoms. The Labute approximate surface area is 101 Å². The van der Waals surface area contributed by atoms with Gasteiger partial charge in [-0.2, -0.15) is 0 Å². The highest BCUT2D eigenvalue weighted by atomic mass is 79.9. The number of nitrogens with one attached hydrogen (secondary N) is 1. The van der Waals surface area contributed by atoms with E-state index in [0.717, 1.165) is 4.47 Å². The van der Waals surface area contributed by atoms with Gasteiger partial charge in [-0.1, -0.05) is 0 Å². The normalized spacial score (nSPS) is 20.5. The molecule has 6 heteroatoms. The number of aromatic amines is 1. The number of hydrogen-bond donors (Lipinski definition) is 2. The topological polar surface area (TPSA) is 79.2 Å². The van der Waals surface area contributed by atoms with Gasteiger partial charge in [0.25, 0.3) is 5.56 Å². The van der Waals surface area contributed by atoms with Crippen LogP contribution in [0.5, 0.6) is 0 Å². The molecule has 0 spiro atoms. The quantitative estimate of drug-likeness (QED) is 0.828. The molecule has 1 saturated heterocycles. The SMILES string of the molecule is NCC1CC(=O)N(c2cc(Br)c[nH]c2=O)C1. The number of nitrogens with two attached hydrogens (primary N) is 1. The molecule has 1 aliphatic heterocycles. The van der Waals surface area contributed by atoms with Crippen molar-refractivity contribution in [2.75, 3.05) is 18.0 Å². The molecule has 1 aromatic rings. The molecular weight excluding hydrogens is 274 g/mol. The molecule has 0 aromatic carbocycles. The van der Waals surface area contributed by atoms with E-state index in [4.69, 9.17) is 5.73 Å². The number of carbonyl (C=O) groups is 1. The first-order chi connectivity index (χ1) is 7.61. The molecule has 5 nitrogen and oxygen atoms in total. The summed E-state index contributed by atoms with van der Waals surface area (Å²) in [4.78, 5) is 27.4. The van der Waals surface area contributed by atoms with E-state index in [1.165, 1.54) is 4.90 Å². The van der Waals surface area contributed by atoms with Crippen LogP contribution in [0.25, 0.3) is 0 Å². The first-order valence-corrected chi connectivity index (χ1v) is 5.79. The zero-order chi connectivity index (χ0) is 11.7. The van der Waals surface area contributed by atoms with Crippen molar-refractivity contribution >= 4 is 27.5 Å². The van der Waals surface area contributed by atoms with Gasteiger partial charge in [0.1, 0.15) is 5.69 Å². The zero-order valence-corrected chi connectivity index (χ0v) is 10.2. The third-order valence-corrected chi connectivity index (χ3v) is 3.14. The standard InChI is InChI=1S/C10H12BrN3O2/c11-7-2-8(10(16)13-4-7)14-5-6(3-12)1-9(14)15/h2,4,6H,1,3,5,12H2,(H,13,16). The van der Waals surface area contributed by atoms with Gasteiger partial charge in [0.15, 0.2) is 0 Å². The molecule has 86 valence electrons. The van der Waals surface area contributed by atoms with Crippen molar-refractivity contribution in [3.8, 4) is 0 Å². The van der Waals surface area contributed by atoms with Crippen LogP contribution in [0, 0.1) is 5.92 Å². The zero-order valence-electron chi connectivity index (χ0n) is 8.57. The summed E-state index contributed by atoms with van der Waals surface area (Å²) in [5, 5.41) is 0. The minimum absolute atomic E-state index is 0.0425. The van der Waals surface area contributed by atoms with E-state index in [1.54, 1.807) is 12.3 Å².